The zero-order valence-electron chi connectivity index (χ0n) is 18.0. The van der Waals surface area contributed by atoms with E-state index in [-0.39, 0.29) is 17.2 Å². The number of carbonyl (C=O) groups is 1. The third kappa shape index (κ3) is 4.38. The van der Waals surface area contributed by atoms with E-state index in [1.807, 2.05) is 47.9 Å². The second kappa shape index (κ2) is 8.84. The summed E-state index contributed by atoms with van der Waals surface area (Å²) in [4.78, 5) is 25.5. The average Bonchev–Trinajstić information content (AvgIpc) is 3.36. The van der Waals surface area contributed by atoms with Crippen LogP contribution in [0, 0.1) is 19.8 Å². The molecule has 9 heteroatoms. The predicted octanol–water partition coefficient (Wildman–Crippen LogP) is 4.50. The molecule has 4 rings (SSSR count). The standard InChI is InChI=1S/C22H25N5O2S2/c1-13(2)7-9-26-20(29)19-17(8-10-30-19)27-21(26)24-25-22(27)31-12-18(28)23-16-6-5-14(3)15(4)11-16/h5-6,8,10-11,13H,7,9,12H2,1-4H3,(H,23,28). The molecule has 0 aliphatic heterocycles. The summed E-state index contributed by atoms with van der Waals surface area (Å²) in [5.74, 6) is 1.08. The van der Waals surface area contributed by atoms with Gasteiger partial charge in [-0.15, -0.1) is 21.5 Å². The van der Waals surface area contributed by atoms with Crippen LogP contribution in [0.15, 0.2) is 39.6 Å². The number of aryl methyl sites for hydroxylation is 3. The van der Waals surface area contributed by atoms with Gasteiger partial charge in [-0.25, -0.2) is 0 Å². The number of rotatable bonds is 7. The molecule has 0 unspecified atom stereocenters. The Morgan fingerprint density at radius 1 is 1.19 bits per heavy atom. The van der Waals surface area contributed by atoms with E-state index in [0.29, 0.717) is 28.1 Å². The number of hydrogen-bond donors (Lipinski definition) is 1. The molecule has 1 aromatic carbocycles. The monoisotopic (exact) mass is 455 g/mol. The molecule has 0 saturated carbocycles. The van der Waals surface area contributed by atoms with E-state index in [4.69, 9.17) is 0 Å². The molecule has 0 aliphatic rings. The highest BCUT2D eigenvalue weighted by atomic mass is 32.2. The largest absolute Gasteiger partial charge is 0.325 e. The number of anilines is 1. The number of amides is 1. The lowest BCUT2D eigenvalue weighted by molar-refractivity contribution is -0.113. The van der Waals surface area contributed by atoms with Gasteiger partial charge in [0.15, 0.2) is 5.16 Å². The van der Waals surface area contributed by atoms with E-state index in [1.165, 1.54) is 28.7 Å². The van der Waals surface area contributed by atoms with Crippen LogP contribution in [-0.2, 0) is 11.3 Å². The Kier molecular flexibility index (Phi) is 6.15. The van der Waals surface area contributed by atoms with Crippen LogP contribution in [0.3, 0.4) is 0 Å². The van der Waals surface area contributed by atoms with Crippen molar-refractivity contribution in [2.45, 2.75) is 45.8 Å². The number of hydrogen-bond acceptors (Lipinski definition) is 6. The molecule has 1 N–H and O–H groups in total. The van der Waals surface area contributed by atoms with Gasteiger partial charge in [0.25, 0.3) is 5.56 Å². The van der Waals surface area contributed by atoms with Crippen LogP contribution in [-0.4, -0.2) is 30.8 Å². The first-order chi connectivity index (χ1) is 14.8. The molecule has 0 radical (unpaired) electrons. The fraction of sp³-hybridized carbons (Fsp3) is 0.364. The number of aromatic nitrogens is 4. The molecule has 0 aliphatic carbocycles. The summed E-state index contributed by atoms with van der Waals surface area (Å²) < 4.78 is 4.27. The third-order valence-electron chi connectivity index (χ3n) is 5.24. The molecule has 3 heterocycles. The number of nitrogens with zero attached hydrogens (tertiary/aromatic N) is 4. The lowest BCUT2D eigenvalue weighted by atomic mass is 10.1. The lowest BCUT2D eigenvalue weighted by Crippen LogP contribution is -2.23. The average molecular weight is 456 g/mol. The molecule has 0 saturated heterocycles. The normalized spacial score (nSPS) is 11.6. The number of carbonyl (C=O) groups excluding carboxylic acids is 1. The van der Waals surface area contributed by atoms with Crippen molar-refractivity contribution in [2.75, 3.05) is 11.1 Å². The maximum absolute atomic E-state index is 13.0. The molecule has 7 nitrogen and oxygen atoms in total. The van der Waals surface area contributed by atoms with Crippen LogP contribution >= 0.6 is 23.1 Å². The Hall–Kier alpha value is -2.65. The van der Waals surface area contributed by atoms with Crippen molar-refractivity contribution in [3.63, 3.8) is 0 Å². The van der Waals surface area contributed by atoms with Gasteiger partial charge in [0.1, 0.15) is 4.70 Å². The van der Waals surface area contributed by atoms with Gasteiger partial charge >= 0.3 is 0 Å². The van der Waals surface area contributed by atoms with Crippen molar-refractivity contribution < 1.29 is 4.79 Å². The maximum atomic E-state index is 13.0. The number of fused-ring (bicyclic) bond motifs is 3. The van der Waals surface area contributed by atoms with Crippen molar-refractivity contribution in [3.05, 3.63) is 51.1 Å². The van der Waals surface area contributed by atoms with Crippen LogP contribution in [0.4, 0.5) is 5.69 Å². The minimum atomic E-state index is -0.111. The van der Waals surface area contributed by atoms with E-state index in [9.17, 15) is 9.59 Å². The summed E-state index contributed by atoms with van der Waals surface area (Å²) in [6.07, 6.45) is 0.875. The number of nitrogens with one attached hydrogen (secondary N) is 1. The van der Waals surface area contributed by atoms with Gasteiger partial charge in [0.05, 0.1) is 11.3 Å². The van der Waals surface area contributed by atoms with Crippen LogP contribution in [0.5, 0.6) is 0 Å². The second-order valence-corrected chi connectivity index (χ2v) is 9.89. The first-order valence-corrected chi connectivity index (χ1v) is 12.1. The Bertz CT molecular complexity index is 1320. The van der Waals surface area contributed by atoms with Crippen molar-refractivity contribution in [3.8, 4) is 0 Å². The topological polar surface area (TPSA) is 81.3 Å². The van der Waals surface area contributed by atoms with Crippen LogP contribution in [0.1, 0.15) is 31.4 Å². The van der Waals surface area contributed by atoms with E-state index in [1.54, 1.807) is 4.57 Å². The van der Waals surface area contributed by atoms with Gasteiger partial charge in [-0.2, -0.15) is 0 Å². The first-order valence-electron chi connectivity index (χ1n) is 10.2. The maximum Gasteiger partial charge on any atom is 0.272 e. The molecule has 3 aromatic heterocycles. The van der Waals surface area contributed by atoms with Crippen molar-refractivity contribution in [1.29, 1.82) is 0 Å². The summed E-state index contributed by atoms with van der Waals surface area (Å²) in [5.41, 5.74) is 3.85. The Morgan fingerprint density at radius 3 is 2.74 bits per heavy atom. The van der Waals surface area contributed by atoms with Gasteiger partial charge in [-0.1, -0.05) is 31.7 Å². The molecule has 0 spiro atoms. The molecular formula is C22H25N5O2S2. The minimum absolute atomic E-state index is 0.0328. The molecule has 4 aromatic rings. The highest BCUT2D eigenvalue weighted by Crippen LogP contribution is 2.25. The van der Waals surface area contributed by atoms with Crippen LogP contribution in [0.25, 0.3) is 16.0 Å². The number of thioether (sulfide) groups is 1. The predicted molar refractivity (Wildman–Crippen MR) is 127 cm³/mol. The van der Waals surface area contributed by atoms with E-state index in [2.05, 4.69) is 29.4 Å². The van der Waals surface area contributed by atoms with Crippen LogP contribution in [0.2, 0.25) is 0 Å². The van der Waals surface area contributed by atoms with Gasteiger partial charge in [-0.05, 0) is 60.9 Å². The fourth-order valence-corrected chi connectivity index (χ4v) is 4.89. The quantitative estimate of drug-likeness (QED) is 0.415. The van der Waals surface area contributed by atoms with E-state index < -0.39 is 0 Å². The fourth-order valence-electron chi connectivity index (χ4n) is 3.33. The molecule has 31 heavy (non-hydrogen) atoms. The molecule has 0 bridgehead atoms. The summed E-state index contributed by atoms with van der Waals surface area (Å²) in [7, 11) is 0. The number of benzene rings is 1. The molecule has 1 amide bonds. The lowest BCUT2D eigenvalue weighted by Gasteiger charge is -2.11. The molecule has 0 fully saturated rings. The second-order valence-electron chi connectivity index (χ2n) is 8.03. The highest BCUT2D eigenvalue weighted by Gasteiger charge is 2.18. The smallest absolute Gasteiger partial charge is 0.272 e. The summed E-state index contributed by atoms with van der Waals surface area (Å²) in [6.45, 7) is 8.91. The molecule has 0 atom stereocenters. The third-order valence-corrected chi connectivity index (χ3v) is 7.06. The van der Waals surface area contributed by atoms with Gasteiger partial charge in [0.2, 0.25) is 11.7 Å². The summed E-state index contributed by atoms with van der Waals surface area (Å²) >= 11 is 2.73. The summed E-state index contributed by atoms with van der Waals surface area (Å²) in [5, 5.41) is 14.0. The zero-order chi connectivity index (χ0) is 22.1. The van der Waals surface area contributed by atoms with Gasteiger partial charge < -0.3 is 5.32 Å². The molecule has 162 valence electrons. The van der Waals surface area contributed by atoms with E-state index in [0.717, 1.165) is 23.2 Å². The van der Waals surface area contributed by atoms with Gasteiger partial charge in [-0.3, -0.25) is 18.6 Å². The minimum Gasteiger partial charge on any atom is -0.325 e. The van der Waals surface area contributed by atoms with Crippen molar-refractivity contribution in [1.82, 2.24) is 19.2 Å². The van der Waals surface area contributed by atoms with Gasteiger partial charge in [0, 0.05) is 12.2 Å². The Labute approximate surface area is 188 Å². The first kappa shape index (κ1) is 21.6. The number of thiophene rings is 1. The molecular weight excluding hydrogens is 430 g/mol. The zero-order valence-corrected chi connectivity index (χ0v) is 19.6. The highest BCUT2D eigenvalue weighted by molar-refractivity contribution is 7.99. The van der Waals surface area contributed by atoms with E-state index >= 15 is 0 Å². The Balaban J connectivity index is 1.60. The van der Waals surface area contributed by atoms with Crippen LogP contribution < -0.4 is 10.9 Å². The SMILES string of the molecule is Cc1ccc(NC(=O)CSc2nnc3n(CCC(C)C)c(=O)c4sccc4n23)cc1C. The summed E-state index contributed by atoms with van der Waals surface area (Å²) in [6, 6.07) is 7.77. The Morgan fingerprint density at radius 2 is 2.00 bits per heavy atom. The van der Waals surface area contributed by atoms with Crippen molar-refractivity contribution >= 4 is 50.7 Å². The van der Waals surface area contributed by atoms with Crippen molar-refractivity contribution in [2.24, 2.45) is 5.92 Å².